The fourth-order valence-corrected chi connectivity index (χ4v) is 5.59. The number of ether oxygens (including phenoxy) is 1. The standard InChI is InChI=1S/C25H33N3O3S/c1-17(2)15-31-16-19(29)13-28(12-18-8-4-3-5-9-18)14-22-26-24(30)23-20-10-6-7-11-21(20)32-25(23)27-22/h3-5,8-9,17,19,29H,6-7,10-16H2,1-2H3,(H,26,27,30)/t19-/m1/s1. The van der Waals surface area contributed by atoms with Crippen LogP contribution in [-0.4, -0.2) is 45.8 Å². The van der Waals surface area contributed by atoms with Crippen LogP contribution in [0.2, 0.25) is 0 Å². The number of H-pyrrole nitrogens is 1. The van der Waals surface area contributed by atoms with Gasteiger partial charge < -0.3 is 14.8 Å². The van der Waals surface area contributed by atoms with Gasteiger partial charge in [0.2, 0.25) is 0 Å². The van der Waals surface area contributed by atoms with Gasteiger partial charge in [0.05, 0.1) is 24.6 Å². The summed E-state index contributed by atoms with van der Waals surface area (Å²) in [6.07, 6.45) is 3.74. The summed E-state index contributed by atoms with van der Waals surface area (Å²) >= 11 is 1.67. The van der Waals surface area contributed by atoms with E-state index in [1.165, 1.54) is 16.9 Å². The van der Waals surface area contributed by atoms with Gasteiger partial charge in [-0.1, -0.05) is 44.2 Å². The average Bonchev–Trinajstić information content (AvgIpc) is 3.13. The molecule has 7 heteroatoms. The minimum Gasteiger partial charge on any atom is -0.389 e. The number of nitrogens with zero attached hydrogens (tertiary/aromatic N) is 2. The van der Waals surface area contributed by atoms with Gasteiger partial charge in [-0.15, -0.1) is 11.3 Å². The zero-order valence-corrected chi connectivity index (χ0v) is 19.8. The fraction of sp³-hybridized carbons (Fsp3) is 0.520. The lowest BCUT2D eigenvalue weighted by Crippen LogP contribution is -2.35. The van der Waals surface area contributed by atoms with Crippen molar-refractivity contribution in [1.29, 1.82) is 0 Å². The Kier molecular flexibility index (Phi) is 7.73. The number of aliphatic hydroxyl groups is 1. The van der Waals surface area contributed by atoms with Gasteiger partial charge in [0.15, 0.2) is 0 Å². The molecule has 0 amide bonds. The number of thiophene rings is 1. The fourth-order valence-electron chi connectivity index (χ4n) is 4.31. The number of rotatable bonds is 10. The first-order valence-corrected chi connectivity index (χ1v) is 12.4. The monoisotopic (exact) mass is 455 g/mol. The smallest absolute Gasteiger partial charge is 0.259 e. The Bertz CT molecular complexity index is 1080. The SMILES string of the molecule is CC(C)COC[C@H](O)CN(Cc1ccccc1)Cc1nc2sc3c(c2c(=O)[nH]1)CCCC3. The first-order chi connectivity index (χ1) is 15.5. The van der Waals surface area contributed by atoms with E-state index < -0.39 is 6.10 Å². The van der Waals surface area contributed by atoms with Crippen LogP contribution in [0.4, 0.5) is 0 Å². The van der Waals surface area contributed by atoms with Crippen molar-refractivity contribution < 1.29 is 9.84 Å². The van der Waals surface area contributed by atoms with E-state index in [0.29, 0.717) is 44.6 Å². The van der Waals surface area contributed by atoms with E-state index in [1.807, 2.05) is 18.2 Å². The Morgan fingerprint density at radius 1 is 1.16 bits per heavy atom. The molecule has 2 aromatic heterocycles. The summed E-state index contributed by atoms with van der Waals surface area (Å²) in [4.78, 5) is 25.1. The van der Waals surface area contributed by atoms with Crippen molar-refractivity contribution in [3.63, 3.8) is 0 Å². The van der Waals surface area contributed by atoms with Crippen LogP contribution < -0.4 is 5.56 Å². The van der Waals surface area contributed by atoms with Crippen molar-refractivity contribution in [2.75, 3.05) is 19.8 Å². The number of benzene rings is 1. The third-order valence-electron chi connectivity index (χ3n) is 5.73. The molecule has 0 bridgehead atoms. The zero-order chi connectivity index (χ0) is 22.5. The lowest BCUT2D eigenvalue weighted by molar-refractivity contribution is 0.00517. The minimum atomic E-state index is -0.609. The molecule has 2 N–H and O–H groups in total. The van der Waals surface area contributed by atoms with E-state index in [-0.39, 0.29) is 5.56 Å². The summed E-state index contributed by atoms with van der Waals surface area (Å²) in [5, 5.41) is 11.4. The molecule has 6 nitrogen and oxygen atoms in total. The van der Waals surface area contributed by atoms with Crippen molar-refractivity contribution in [3.8, 4) is 0 Å². The van der Waals surface area contributed by atoms with Gasteiger partial charge in [-0.3, -0.25) is 9.69 Å². The number of hydrogen-bond donors (Lipinski definition) is 2. The summed E-state index contributed by atoms with van der Waals surface area (Å²) in [7, 11) is 0. The van der Waals surface area contributed by atoms with E-state index >= 15 is 0 Å². The van der Waals surface area contributed by atoms with Gasteiger partial charge >= 0.3 is 0 Å². The summed E-state index contributed by atoms with van der Waals surface area (Å²) in [5.74, 6) is 1.08. The molecule has 0 spiro atoms. The van der Waals surface area contributed by atoms with E-state index in [0.717, 1.165) is 35.0 Å². The van der Waals surface area contributed by atoms with E-state index in [9.17, 15) is 9.90 Å². The summed E-state index contributed by atoms with van der Waals surface area (Å²) in [6, 6.07) is 10.2. The molecule has 0 saturated heterocycles. The summed E-state index contributed by atoms with van der Waals surface area (Å²) < 4.78 is 5.63. The van der Waals surface area contributed by atoms with Crippen LogP contribution in [0.5, 0.6) is 0 Å². The third-order valence-corrected chi connectivity index (χ3v) is 6.91. The van der Waals surface area contributed by atoms with E-state index in [1.54, 1.807) is 11.3 Å². The molecule has 0 unspecified atom stereocenters. The Labute approximate surface area is 193 Å². The second kappa shape index (κ2) is 10.7. The highest BCUT2D eigenvalue weighted by Gasteiger charge is 2.21. The maximum absolute atomic E-state index is 12.9. The number of fused-ring (bicyclic) bond motifs is 3. The third kappa shape index (κ3) is 5.84. The maximum atomic E-state index is 12.9. The normalized spacial score (nSPS) is 14.9. The van der Waals surface area contributed by atoms with Gasteiger partial charge in [0, 0.05) is 24.6 Å². The second-order valence-corrected chi connectivity index (χ2v) is 10.2. The molecule has 1 aliphatic rings. The molecular formula is C25H33N3O3S. The van der Waals surface area contributed by atoms with Crippen molar-refractivity contribution in [2.24, 2.45) is 5.92 Å². The maximum Gasteiger partial charge on any atom is 0.259 e. The Balaban J connectivity index is 1.53. The van der Waals surface area contributed by atoms with Crippen LogP contribution in [0.3, 0.4) is 0 Å². The predicted molar refractivity (Wildman–Crippen MR) is 129 cm³/mol. The number of aliphatic hydroxyl groups excluding tert-OH is 1. The largest absolute Gasteiger partial charge is 0.389 e. The lowest BCUT2D eigenvalue weighted by Gasteiger charge is -2.25. The van der Waals surface area contributed by atoms with E-state index in [2.05, 4.69) is 35.9 Å². The molecule has 3 aromatic rings. The molecule has 0 aliphatic heterocycles. The molecule has 0 radical (unpaired) electrons. The Morgan fingerprint density at radius 2 is 1.94 bits per heavy atom. The summed E-state index contributed by atoms with van der Waals surface area (Å²) in [6.45, 7) is 6.67. The second-order valence-electron chi connectivity index (χ2n) is 9.14. The van der Waals surface area contributed by atoms with Gasteiger partial charge in [0.1, 0.15) is 10.7 Å². The molecule has 1 aromatic carbocycles. The Hall–Kier alpha value is -2.06. The minimum absolute atomic E-state index is 0.0372. The molecule has 0 saturated carbocycles. The predicted octanol–water partition coefficient (Wildman–Crippen LogP) is 3.90. The molecule has 0 fully saturated rings. The number of aromatic nitrogens is 2. The van der Waals surface area contributed by atoms with Crippen LogP contribution in [0.25, 0.3) is 10.2 Å². The molecule has 172 valence electrons. The summed E-state index contributed by atoms with van der Waals surface area (Å²) in [5.41, 5.74) is 2.32. The highest BCUT2D eigenvalue weighted by Crippen LogP contribution is 2.33. The zero-order valence-electron chi connectivity index (χ0n) is 19.0. The lowest BCUT2D eigenvalue weighted by atomic mass is 9.97. The molecule has 1 atom stereocenters. The molecule has 2 heterocycles. The first kappa shape index (κ1) is 23.1. The van der Waals surface area contributed by atoms with Gasteiger partial charge in [0.25, 0.3) is 5.56 Å². The number of nitrogens with one attached hydrogen (secondary N) is 1. The number of aromatic amines is 1. The van der Waals surface area contributed by atoms with Crippen molar-refractivity contribution in [1.82, 2.24) is 14.9 Å². The molecular weight excluding hydrogens is 422 g/mol. The molecule has 32 heavy (non-hydrogen) atoms. The van der Waals surface area contributed by atoms with Crippen LogP contribution in [-0.2, 0) is 30.7 Å². The number of hydrogen-bond acceptors (Lipinski definition) is 6. The van der Waals surface area contributed by atoms with Crippen LogP contribution in [0, 0.1) is 5.92 Å². The molecule has 4 rings (SSSR count). The van der Waals surface area contributed by atoms with Crippen molar-refractivity contribution in [2.45, 2.75) is 58.7 Å². The Morgan fingerprint density at radius 3 is 2.72 bits per heavy atom. The topological polar surface area (TPSA) is 78.5 Å². The first-order valence-electron chi connectivity index (χ1n) is 11.5. The van der Waals surface area contributed by atoms with Crippen LogP contribution in [0.15, 0.2) is 35.1 Å². The highest BCUT2D eigenvalue weighted by molar-refractivity contribution is 7.18. The van der Waals surface area contributed by atoms with Crippen molar-refractivity contribution in [3.05, 3.63) is 62.5 Å². The average molecular weight is 456 g/mol. The van der Waals surface area contributed by atoms with Crippen LogP contribution in [0.1, 0.15) is 48.5 Å². The van der Waals surface area contributed by atoms with Crippen molar-refractivity contribution >= 4 is 21.6 Å². The van der Waals surface area contributed by atoms with Crippen LogP contribution >= 0.6 is 11.3 Å². The quantitative estimate of drug-likeness (QED) is 0.485. The highest BCUT2D eigenvalue weighted by atomic mass is 32.1. The van der Waals surface area contributed by atoms with Gasteiger partial charge in [-0.25, -0.2) is 4.98 Å². The molecule has 1 aliphatic carbocycles. The van der Waals surface area contributed by atoms with Gasteiger partial charge in [-0.05, 0) is 42.7 Å². The van der Waals surface area contributed by atoms with Gasteiger partial charge in [-0.2, -0.15) is 0 Å². The number of aryl methyl sites for hydroxylation is 2. The van der Waals surface area contributed by atoms with E-state index in [4.69, 9.17) is 9.72 Å².